The van der Waals surface area contributed by atoms with Gasteiger partial charge in [0.25, 0.3) is 5.91 Å². The number of carbonyl (C=O) groups excluding carboxylic acids is 2. The van der Waals surface area contributed by atoms with Crippen LogP contribution >= 0.6 is 23.2 Å². The van der Waals surface area contributed by atoms with Crippen LogP contribution in [0.1, 0.15) is 23.2 Å². The number of pyridine rings is 1. The molecule has 0 atom stereocenters. The monoisotopic (exact) mass is 365 g/mol. The summed E-state index contributed by atoms with van der Waals surface area (Å²) >= 11 is 11.9. The topological polar surface area (TPSA) is 91.3 Å². The number of nitrogens with one attached hydrogen (secondary N) is 2. The Morgan fingerprint density at radius 1 is 1.12 bits per heavy atom. The summed E-state index contributed by atoms with van der Waals surface area (Å²) in [5.74, 6) is -0.325. The second kappa shape index (κ2) is 6.67. The number of phenols is 1. The fourth-order valence-corrected chi connectivity index (χ4v) is 2.77. The fourth-order valence-electron chi connectivity index (χ4n) is 2.12. The second-order valence-electron chi connectivity index (χ2n) is 5.43. The van der Waals surface area contributed by atoms with Crippen LogP contribution in [0.15, 0.2) is 30.5 Å². The number of anilines is 2. The van der Waals surface area contributed by atoms with Crippen molar-refractivity contribution in [1.82, 2.24) is 4.98 Å². The fraction of sp³-hybridized carbons (Fsp3) is 0.188. The maximum atomic E-state index is 12.3. The van der Waals surface area contributed by atoms with Crippen LogP contribution in [-0.2, 0) is 4.79 Å². The number of aromatic hydroxyl groups is 1. The van der Waals surface area contributed by atoms with Crippen molar-refractivity contribution in [3.8, 4) is 5.75 Å². The number of benzene rings is 1. The number of hydrogen-bond donors (Lipinski definition) is 3. The molecule has 0 unspecified atom stereocenters. The van der Waals surface area contributed by atoms with Crippen molar-refractivity contribution < 1.29 is 14.7 Å². The lowest BCUT2D eigenvalue weighted by Crippen LogP contribution is -2.16. The summed E-state index contributed by atoms with van der Waals surface area (Å²) in [5, 5.41) is 14.8. The van der Waals surface area contributed by atoms with E-state index in [9.17, 15) is 14.7 Å². The molecule has 1 aromatic heterocycles. The average molecular weight is 366 g/mol. The lowest BCUT2D eigenvalue weighted by molar-refractivity contribution is -0.117. The highest BCUT2D eigenvalue weighted by Gasteiger charge is 2.29. The van der Waals surface area contributed by atoms with Gasteiger partial charge in [-0.15, -0.1) is 0 Å². The van der Waals surface area contributed by atoms with E-state index in [1.165, 1.54) is 18.3 Å². The molecule has 1 aromatic carbocycles. The largest absolute Gasteiger partial charge is 0.508 e. The molecule has 2 amide bonds. The van der Waals surface area contributed by atoms with Crippen molar-refractivity contribution in [2.75, 3.05) is 10.6 Å². The van der Waals surface area contributed by atoms with Crippen molar-refractivity contribution in [1.29, 1.82) is 0 Å². The van der Waals surface area contributed by atoms with Crippen LogP contribution < -0.4 is 10.6 Å². The van der Waals surface area contributed by atoms with Gasteiger partial charge in [-0.25, -0.2) is 4.98 Å². The van der Waals surface area contributed by atoms with Crippen molar-refractivity contribution in [2.45, 2.75) is 12.8 Å². The molecule has 6 nitrogen and oxygen atoms in total. The molecule has 1 aliphatic carbocycles. The highest BCUT2D eigenvalue weighted by molar-refractivity contribution is 6.40. The Kier molecular flexibility index (Phi) is 4.59. The molecule has 1 aliphatic rings. The van der Waals surface area contributed by atoms with E-state index < -0.39 is 5.91 Å². The molecule has 0 radical (unpaired) electrons. The third kappa shape index (κ3) is 3.77. The van der Waals surface area contributed by atoms with E-state index in [2.05, 4.69) is 15.6 Å². The highest BCUT2D eigenvalue weighted by atomic mass is 35.5. The summed E-state index contributed by atoms with van der Waals surface area (Å²) in [6, 6.07) is 5.58. The normalized spacial score (nSPS) is 13.4. The van der Waals surface area contributed by atoms with Crippen LogP contribution in [-0.4, -0.2) is 21.9 Å². The molecule has 0 aliphatic heterocycles. The van der Waals surface area contributed by atoms with Crippen LogP contribution in [0.5, 0.6) is 5.75 Å². The Labute approximate surface area is 147 Å². The van der Waals surface area contributed by atoms with Gasteiger partial charge < -0.3 is 15.7 Å². The van der Waals surface area contributed by atoms with Gasteiger partial charge in [0.05, 0.1) is 15.6 Å². The molecule has 1 heterocycles. The number of carbonyl (C=O) groups is 2. The summed E-state index contributed by atoms with van der Waals surface area (Å²) < 4.78 is 0. The van der Waals surface area contributed by atoms with E-state index in [1.54, 1.807) is 12.1 Å². The predicted molar refractivity (Wildman–Crippen MR) is 91.7 cm³/mol. The zero-order valence-corrected chi connectivity index (χ0v) is 13.9. The Morgan fingerprint density at radius 3 is 2.42 bits per heavy atom. The third-order valence-corrected chi connectivity index (χ3v) is 4.07. The molecule has 0 saturated heterocycles. The standard InChI is InChI=1S/C16H13Cl2N3O3/c17-11-6-10(22)7-12(18)14(11)16(24)20-9-3-4-19-13(5-9)21-15(23)8-1-2-8/h3-8,22H,1-2H2,(H2,19,20,21,23,24). The molecule has 1 fully saturated rings. The molecule has 0 spiro atoms. The van der Waals surface area contributed by atoms with Crippen molar-refractivity contribution >= 4 is 46.5 Å². The number of amides is 2. The minimum Gasteiger partial charge on any atom is -0.508 e. The molecule has 8 heteroatoms. The van der Waals surface area contributed by atoms with Gasteiger partial charge in [-0.05, 0) is 31.0 Å². The van der Waals surface area contributed by atoms with Crippen molar-refractivity contribution in [2.24, 2.45) is 5.92 Å². The first-order valence-corrected chi connectivity index (χ1v) is 7.96. The first kappa shape index (κ1) is 16.5. The molecule has 3 rings (SSSR count). The van der Waals surface area contributed by atoms with Crippen molar-refractivity contribution in [3.63, 3.8) is 0 Å². The van der Waals surface area contributed by atoms with E-state index in [0.29, 0.717) is 11.5 Å². The van der Waals surface area contributed by atoms with Crippen LogP contribution in [0.3, 0.4) is 0 Å². The number of rotatable bonds is 4. The summed E-state index contributed by atoms with van der Waals surface area (Å²) in [7, 11) is 0. The molecule has 124 valence electrons. The van der Waals surface area contributed by atoms with Gasteiger partial charge in [0.15, 0.2) is 0 Å². The zero-order chi connectivity index (χ0) is 17.3. The van der Waals surface area contributed by atoms with Gasteiger partial charge in [0, 0.05) is 23.9 Å². The van der Waals surface area contributed by atoms with Gasteiger partial charge in [0.2, 0.25) is 5.91 Å². The van der Waals surface area contributed by atoms with E-state index in [4.69, 9.17) is 23.2 Å². The van der Waals surface area contributed by atoms with Crippen molar-refractivity contribution in [3.05, 3.63) is 46.1 Å². The molecular weight excluding hydrogens is 353 g/mol. The summed E-state index contributed by atoms with van der Waals surface area (Å²) in [6.45, 7) is 0. The molecule has 24 heavy (non-hydrogen) atoms. The number of nitrogens with zero attached hydrogens (tertiary/aromatic N) is 1. The van der Waals surface area contributed by atoms with E-state index in [1.807, 2.05) is 0 Å². The number of phenolic OH excluding ortho intramolecular Hbond substituents is 1. The zero-order valence-electron chi connectivity index (χ0n) is 12.3. The maximum Gasteiger partial charge on any atom is 0.258 e. The minimum atomic E-state index is -0.532. The van der Waals surface area contributed by atoms with Crippen LogP contribution in [0.2, 0.25) is 10.0 Å². The Morgan fingerprint density at radius 2 is 1.79 bits per heavy atom. The second-order valence-corrected chi connectivity index (χ2v) is 6.25. The Bertz CT molecular complexity index is 799. The first-order valence-electron chi connectivity index (χ1n) is 7.20. The van der Waals surface area contributed by atoms with Gasteiger partial charge in [-0.2, -0.15) is 0 Å². The van der Waals surface area contributed by atoms with E-state index in [-0.39, 0.29) is 33.2 Å². The Balaban J connectivity index is 1.76. The number of aromatic nitrogens is 1. The first-order chi connectivity index (χ1) is 11.4. The number of hydrogen-bond acceptors (Lipinski definition) is 4. The molecular formula is C16H13Cl2N3O3. The Hall–Kier alpha value is -2.31. The summed E-state index contributed by atoms with van der Waals surface area (Å²) in [4.78, 5) is 28.2. The molecule has 3 N–H and O–H groups in total. The summed E-state index contributed by atoms with van der Waals surface area (Å²) in [5.41, 5.74) is 0.484. The SMILES string of the molecule is O=C(Nc1ccnc(NC(=O)C2CC2)c1)c1c(Cl)cc(O)cc1Cl. The minimum absolute atomic E-state index is 0.0359. The van der Waals surface area contributed by atoms with Gasteiger partial charge in [-0.1, -0.05) is 23.2 Å². The molecule has 0 bridgehead atoms. The number of halogens is 2. The quantitative estimate of drug-likeness (QED) is 0.770. The molecule has 1 saturated carbocycles. The third-order valence-electron chi connectivity index (χ3n) is 3.47. The van der Waals surface area contributed by atoms with Crippen LogP contribution in [0.4, 0.5) is 11.5 Å². The molecule has 2 aromatic rings. The average Bonchev–Trinajstić information content (AvgIpc) is 3.30. The summed E-state index contributed by atoms with van der Waals surface area (Å²) in [6.07, 6.45) is 3.25. The lowest BCUT2D eigenvalue weighted by Gasteiger charge is -2.10. The van der Waals surface area contributed by atoms with Gasteiger partial charge >= 0.3 is 0 Å². The van der Waals surface area contributed by atoms with Crippen LogP contribution in [0, 0.1) is 5.92 Å². The predicted octanol–water partition coefficient (Wildman–Crippen LogP) is 3.69. The smallest absolute Gasteiger partial charge is 0.258 e. The maximum absolute atomic E-state index is 12.3. The van der Waals surface area contributed by atoms with Crippen LogP contribution in [0.25, 0.3) is 0 Å². The van der Waals surface area contributed by atoms with Gasteiger partial charge in [-0.3, -0.25) is 9.59 Å². The van der Waals surface area contributed by atoms with Gasteiger partial charge in [0.1, 0.15) is 11.6 Å². The van der Waals surface area contributed by atoms with E-state index in [0.717, 1.165) is 12.8 Å². The lowest BCUT2D eigenvalue weighted by atomic mass is 10.2. The highest BCUT2D eigenvalue weighted by Crippen LogP contribution is 2.31. The van der Waals surface area contributed by atoms with E-state index >= 15 is 0 Å².